The third-order valence-corrected chi connectivity index (χ3v) is 2.83. The van der Waals surface area contributed by atoms with Crippen LogP contribution in [-0.2, 0) is 14.3 Å². The fourth-order valence-corrected chi connectivity index (χ4v) is 1.80. The number of hydrogen-bond acceptors (Lipinski definition) is 3. The minimum absolute atomic E-state index is 0.0778. The predicted molar refractivity (Wildman–Crippen MR) is 73.3 cm³/mol. The molecule has 0 saturated heterocycles. The maximum absolute atomic E-state index is 12.5. The highest BCUT2D eigenvalue weighted by molar-refractivity contribution is 6.05. The Morgan fingerprint density at radius 2 is 1.61 bits per heavy atom. The summed E-state index contributed by atoms with van der Waals surface area (Å²) in [5.41, 5.74) is -0.560. The van der Waals surface area contributed by atoms with Crippen molar-refractivity contribution in [3.8, 4) is 0 Å². The SMILES string of the molecule is CCOC(=O)C(C)(CC=C(C)C)C(=O)C(C)(C)C. The van der Waals surface area contributed by atoms with Gasteiger partial charge in [0.2, 0.25) is 0 Å². The molecule has 0 aromatic heterocycles. The molecule has 1 unspecified atom stereocenters. The summed E-state index contributed by atoms with van der Waals surface area (Å²) in [6.07, 6.45) is 2.31. The average Bonchev–Trinajstić information content (AvgIpc) is 2.23. The van der Waals surface area contributed by atoms with Gasteiger partial charge in [0, 0.05) is 5.41 Å². The maximum Gasteiger partial charge on any atom is 0.319 e. The van der Waals surface area contributed by atoms with Gasteiger partial charge in [0.05, 0.1) is 6.61 Å². The normalized spacial score (nSPS) is 14.6. The van der Waals surface area contributed by atoms with E-state index >= 15 is 0 Å². The summed E-state index contributed by atoms with van der Waals surface area (Å²) < 4.78 is 5.07. The minimum atomic E-state index is -1.09. The highest BCUT2D eigenvalue weighted by atomic mass is 16.5. The zero-order chi connectivity index (χ0) is 14.6. The van der Waals surface area contributed by atoms with Crippen molar-refractivity contribution >= 4 is 11.8 Å². The molecule has 0 aromatic carbocycles. The Labute approximate surface area is 111 Å². The van der Waals surface area contributed by atoms with Crippen LogP contribution in [0.4, 0.5) is 0 Å². The molecule has 0 radical (unpaired) electrons. The van der Waals surface area contributed by atoms with E-state index in [9.17, 15) is 9.59 Å². The minimum Gasteiger partial charge on any atom is -0.465 e. The molecule has 0 aliphatic carbocycles. The van der Waals surface area contributed by atoms with Gasteiger partial charge in [0.25, 0.3) is 0 Å². The van der Waals surface area contributed by atoms with Crippen LogP contribution < -0.4 is 0 Å². The lowest BCUT2D eigenvalue weighted by Crippen LogP contribution is -2.44. The summed E-state index contributed by atoms with van der Waals surface area (Å²) in [6.45, 7) is 13.1. The Bertz CT molecular complexity index is 343. The van der Waals surface area contributed by atoms with Gasteiger partial charge in [0.15, 0.2) is 5.78 Å². The quantitative estimate of drug-likeness (QED) is 0.428. The van der Waals surface area contributed by atoms with Crippen LogP contribution in [0.2, 0.25) is 0 Å². The summed E-state index contributed by atoms with van der Waals surface area (Å²) in [5, 5.41) is 0. The van der Waals surface area contributed by atoms with Gasteiger partial charge in [-0.3, -0.25) is 9.59 Å². The van der Waals surface area contributed by atoms with E-state index in [1.54, 1.807) is 13.8 Å². The Balaban J connectivity index is 5.35. The number of allylic oxidation sites excluding steroid dienone is 2. The lowest BCUT2D eigenvalue weighted by Gasteiger charge is -2.31. The van der Waals surface area contributed by atoms with E-state index in [0.717, 1.165) is 5.57 Å². The molecule has 0 amide bonds. The fourth-order valence-electron chi connectivity index (χ4n) is 1.80. The molecule has 0 aliphatic heterocycles. The molecule has 104 valence electrons. The summed E-state index contributed by atoms with van der Waals surface area (Å²) in [7, 11) is 0. The topological polar surface area (TPSA) is 43.4 Å². The van der Waals surface area contributed by atoms with E-state index in [-0.39, 0.29) is 5.78 Å². The van der Waals surface area contributed by atoms with Crippen molar-refractivity contribution in [3.63, 3.8) is 0 Å². The number of ketones is 1. The van der Waals surface area contributed by atoms with Gasteiger partial charge in [-0.1, -0.05) is 32.4 Å². The summed E-state index contributed by atoms with van der Waals surface area (Å²) in [6, 6.07) is 0. The Morgan fingerprint density at radius 3 is 1.94 bits per heavy atom. The molecule has 18 heavy (non-hydrogen) atoms. The third-order valence-electron chi connectivity index (χ3n) is 2.83. The molecule has 0 bridgehead atoms. The van der Waals surface area contributed by atoms with Crippen LogP contribution in [0.3, 0.4) is 0 Å². The Hall–Kier alpha value is -1.12. The zero-order valence-electron chi connectivity index (χ0n) is 12.7. The molecule has 0 rings (SSSR count). The van der Waals surface area contributed by atoms with Crippen molar-refractivity contribution in [3.05, 3.63) is 11.6 Å². The number of rotatable bonds is 5. The Kier molecular flexibility index (Phi) is 5.78. The molecular formula is C15H26O3. The summed E-state index contributed by atoms with van der Waals surface area (Å²) in [4.78, 5) is 24.6. The maximum atomic E-state index is 12.5. The highest BCUT2D eigenvalue weighted by Gasteiger charge is 2.46. The first-order chi connectivity index (χ1) is 8.05. The van der Waals surface area contributed by atoms with Gasteiger partial charge >= 0.3 is 5.97 Å². The first kappa shape index (κ1) is 16.9. The van der Waals surface area contributed by atoms with Crippen molar-refractivity contribution in [1.82, 2.24) is 0 Å². The van der Waals surface area contributed by atoms with Crippen LogP contribution in [0.25, 0.3) is 0 Å². The molecule has 0 spiro atoms. The van der Waals surface area contributed by atoms with Crippen LogP contribution in [0.15, 0.2) is 11.6 Å². The number of carbonyl (C=O) groups excluding carboxylic acids is 2. The lowest BCUT2D eigenvalue weighted by atomic mass is 9.71. The first-order valence-electron chi connectivity index (χ1n) is 6.41. The van der Waals surface area contributed by atoms with Gasteiger partial charge in [-0.2, -0.15) is 0 Å². The monoisotopic (exact) mass is 254 g/mol. The first-order valence-corrected chi connectivity index (χ1v) is 6.41. The summed E-state index contributed by atoms with van der Waals surface area (Å²) >= 11 is 0. The van der Waals surface area contributed by atoms with Crippen LogP contribution in [0.1, 0.15) is 54.9 Å². The largest absolute Gasteiger partial charge is 0.465 e. The van der Waals surface area contributed by atoms with E-state index in [2.05, 4.69) is 0 Å². The van der Waals surface area contributed by atoms with Crippen molar-refractivity contribution in [2.45, 2.75) is 54.9 Å². The zero-order valence-corrected chi connectivity index (χ0v) is 12.7. The van der Waals surface area contributed by atoms with Gasteiger partial charge in [-0.15, -0.1) is 0 Å². The van der Waals surface area contributed by atoms with E-state index < -0.39 is 16.8 Å². The van der Waals surface area contributed by atoms with Crippen LogP contribution in [0.5, 0.6) is 0 Å². The fraction of sp³-hybridized carbons (Fsp3) is 0.733. The van der Waals surface area contributed by atoms with Gasteiger partial charge in [-0.05, 0) is 34.1 Å². The van der Waals surface area contributed by atoms with Crippen LogP contribution >= 0.6 is 0 Å². The number of carbonyl (C=O) groups is 2. The van der Waals surface area contributed by atoms with Crippen LogP contribution in [0, 0.1) is 10.8 Å². The molecular weight excluding hydrogens is 228 g/mol. The number of Topliss-reactive ketones (excluding diaryl/α,β-unsaturated/α-hetero) is 1. The van der Waals surface area contributed by atoms with Crippen molar-refractivity contribution in [1.29, 1.82) is 0 Å². The van der Waals surface area contributed by atoms with Gasteiger partial charge < -0.3 is 4.74 Å². The van der Waals surface area contributed by atoms with Gasteiger partial charge in [0.1, 0.15) is 5.41 Å². The standard InChI is InChI=1S/C15H26O3/c1-8-18-13(17)15(7,10-9-11(2)3)12(16)14(4,5)6/h9H,8,10H2,1-7H3. The van der Waals surface area contributed by atoms with E-state index in [4.69, 9.17) is 4.74 Å². The van der Waals surface area contributed by atoms with Crippen molar-refractivity contribution in [2.24, 2.45) is 10.8 Å². The molecule has 3 nitrogen and oxygen atoms in total. The molecule has 0 saturated carbocycles. The second-order valence-electron chi connectivity index (χ2n) is 6.12. The lowest BCUT2D eigenvalue weighted by molar-refractivity contribution is -0.161. The second kappa shape index (κ2) is 6.17. The second-order valence-corrected chi connectivity index (χ2v) is 6.12. The molecule has 0 fully saturated rings. The molecule has 0 aliphatic rings. The van der Waals surface area contributed by atoms with E-state index in [1.807, 2.05) is 40.7 Å². The van der Waals surface area contributed by atoms with E-state index in [1.165, 1.54) is 0 Å². The molecule has 1 atom stereocenters. The molecule has 0 N–H and O–H groups in total. The number of hydrogen-bond donors (Lipinski definition) is 0. The molecule has 3 heteroatoms. The predicted octanol–water partition coefficient (Wildman–Crippen LogP) is 3.53. The molecule has 0 heterocycles. The summed E-state index contributed by atoms with van der Waals surface area (Å²) in [5.74, 6) is -0.506. The van der Waals surface area contributed by atoms with Gasteiger partial charge in [-0.25, -0.2) is 0 Å². The number of ether oxygens (including phenoxy) is 1. The highest BCUT2D eigenvalue weighted by Crippen LogP contribution is 2.34. The molecule has 0 aromatic rings. The van der Waals surface area contributed by atoms with E-state index in [0.29, 0.717) is 13.0 Å². The number of esters is 1. The average molecular weight is 254 g/mol. The smallest absolute Gasteiger partial charge is 0.319 e. The van der Waals surface area contributed by atoms with Crippen molar-refractivity contribution in [2.75, 3.05) is 6.61 Å². The third kappa shape index (κ3) is 4.28. The Morgan fingerprint density at radius 1 is 1.11 bits per heavy atom. The van der Waals surface area contributed by atoms with Crippen LogP contribution in [-0.4, -0.2) is 18.4 Å². The van der Waals surface area contributed by atoms with Crippen molar-refractivity contribution < 1.29 is 14.3 Å².